The highest BCUT2D eigenvalue weighted by molar-refractivity contribution is 7.87. The molecule has 3 aromatic rings. The summed E-state index contributed by atoms with van der Waals surface area (Å²) in [6.45, 7) is 2.23. The van der Waals surface area contributed by atoms with Crippen LogP contribution in [0.25, 0.3) is 22.0 Å². The van der Waals surface area contributed by atoms with Gasteiger partial charge in [-0.3, -0.25) is 0 Å². The van der Waals surface area contributed by atoms with Crippen molar-refractivity contribution in [1.82, 2.24) is 19.0 Å². The van der Waals surface area contributed by atoms with E-state index in [0.29, 0.717) is 12.5 Å². The molecule has 4 rings (SSSR count). The number of piperidine rings is 1. The van der Waals surface area contributed by atoms with Crippen molar-refractivity contribution in [3.63, 3.8) is 0 Å². The highest BCUT2D eigenvalue weighted by Gasteiger charge is 2.22. The summed E-state index contributed by atoms with van der Waals surface area (Å²) in [5.41, 5.74) is 2.02. The first kappa shape index (κ1) is 21.7. The van der Waals surface area contributed by atoms with E-state index in [1.807, 2.05) is 24.4 Å². The number of anilines is 1. The van der Waals surface area contributed by atoms with Crippen molar-refractivity contribution in [3.8, 4) is 11.3 Å². The van der Waals surface area contributed by atoms with Gasteiger partial charge in [0.1, 0.15) is 0 Å². The molecule has 0 radical (unpaired) electrons. The zero-order valence-corrected chi connectivity index (χ0v) is 18.8. The number of hydrogen-bond acceptors (Lipinski definition) is 5. The van der Waals surface area contributed by atoms with Gasteiger partial charge in [0.2, 0.25) is 5.95 Å². The zero-order chi connectivity index (χ0) is 21.8. The van der Waals surface area contributed by atoms with Gasteiger partial charge >= 0.3 is 0 Å². The fraction of sp³-hybridized carbons (Fsp3) is 0.391. The van der Waals surface area contributed by atoms with Crippen molar-refractivity contribution in [2.24, 2.45) is 5.92 Å². The summed E-state index contributed by atoms with van der Waals surface area (Å²) in [5.74, 6) is 1.27. The lowest BCUT2D eigenvalue weighted by molar-refractivity contribution is 0.377. The van der Waals surface area contributed by atoms with Gasteiger partial charge in [-0.25, -0.2) is 14.7 Å². The Morgan fingerprint density at radius 1 is 1.06 bits per heavy atom. The largest absolute Gasteiger partial charge is 0.341 e. The van der Waals surface area contributed by atoms with Crippen molar-refractivity contribution in [1.29, 1.82) is 0 Å². The Hall–Kier alpha value is -2.55. The molecule has 0 atom stereocenters. The summed E-state index contributed by atoms with van der Waals surface area (Å²) in [6.07, 6.45) is 4.69. The summed E-state index contributed by atoms with van der Waals surface area (Å²) < 4.78 is 27.5. The second-order valence-corrected chi connectivity index (χ2v) is 10.2. The lowest BCUT2D eigenvalue weighted by Gasteiger charge is -2.32. The normalized spacial score (nSPS) is 15.6. The minimum Gasteiger partial charge on any atom is -0.341 e. The average molecular weight is 440 g/mol. The first-order valence-corrected chi connectivity index (χ1v) is 12.1. The molecule has 1 aliphatic heterocycles. The summed E-state index contributed by atoms with van der Waals surface area (Å²) in [5, 5.41) is 2.42. The molecule has 1 N–H and O–H groups in total. The van der Waals surface area contributed by atoms with Crippen LogP contribution in [0.1, 0.15) is 19.3 Å². The van der Waals surface area contributed by atoms with Gasteiger partial charge in [-0.2, -0.15) is 12.7 Å². The number of nitrogens with zero attached hydrogens (tertiary/aromatic N) is 4. The number of aromatic nitrogens is 2. The van der Waals surface area contributed by atoms with E-state index >= 15 is 0 Å². The van der Waals surface area contributed by atoms with E-state index in [1.54, 1.807) is 0 Å². The lowest BCUT2D eigenvalue weighted by Crippen LogP contribution is -2.38. The van der Waals surface area contributed by atoms with E-state index < -0.39 is 10.2 Å². The maximum atomic E-state index is 11.8. The van der Waals surface area contributed by atoms with Gasteiger partial charge in [0, 0.05) is 45.5 Å². The van der Waals surface area contributed by atoms with E-state index in [2.05, 4.69) is 44.9 Å². The minimum absolute atomic E-state index is 0.471. The van der Waals surface area contributed by atoms with Crippen LogP contribution in [0.3, 0.4) is 0 Å². The van der Waals surface area contributed by atoms with Crippen LogP contribution in [0.2, 0.25) is 0 Å². The molecule has 7 nitrogen and oxygen atoms in total. The summed E-state index contributed by atoms with van der Waals surface area (Å²) in [7, 11) is -0.276. The number of benzene rings is 2. The molecular formula is C23H29N5O2S. The average Bonchev–Trinajstić information content (AvgIpc) is 2.79. The number of fused-ring (bicyclic) bond motifs is 1. The smallest absolute Gasteiger partial charge is 0.278 e. The fourth-order valence-electron chi connectivity index (χ4n) is 3.95. The Labute approximate surface area is 184 Å². The van der Waals surface area contributed by atoms with Crippen LogP contribution in [-0.4, -0.2) is 56.4 Å². The van der Waals surface area contributed by atoms with Crippen molar-refractivity contribution in [2.75, 3.05) is 38.6 Å². The topological polar surface area (TPSA) is 78.4 Å². The molecule has 1 aliphatic rings. The van der Waals surface area contributed by atoms with Gasteiger partial charge in [0.25, 0.3) is 10.2 Å². The van der Waals surface area contributed by atoms with E-state index in [0.717, 1.165) is 49.6 Å². The molecular weight excluding hydrogens is 410 g/mol. The van der Waals surface area contributed by atoms with E-state index in [9.17, 15) is 8.42 Å². The predicted octanol–water partition coefficient (Wildman–Crippen LogP) is 3.30. The second-order valence-electron chi connectivity index (χ2n) is 8.20. The quantitative estimate of drug-likeness (QED) is 0.611. The minimum atomic E-state index is -3.34. The van der Waals surface area contributed by atoms with Crippen LogP contribution in [0.5, 0.6) is 0 Å². The third-order valence-corrected chi connectivity index (χ3v) is 7.43. The van der Waals surface area contributed by atoms with E-state index in [1.165, 1.54) is 29.2 Å². The molecule has 8 heteroatoms. The Bertz CT molecular complexity index is 1140. The van der Waals surface area contributed by atoms with Crippen LogP contribution < -0.4 is 9.62 Å². The molecule has 1 fully saturated rings. The van der Waals surface area contributed by atoms with Crippen LogP contribution in [-0.2, 0) is 10.2 Å². The van der Waals surface area contributed by atoms with Gasteiger partial charge in [0.05, 0.1) is 5.69 Å². The number of nitrogens with one attached hydrogen (secondary N) is 1. The first-order valence-electron chi connectivity index (χ1n) is 10.7. The molecule has 0 unspecified atom stereocenters. The van der Waals surface area contributed by atoms with Crippen molar-refractivity contribution in [3.05, 3.63) is 54.7 Å². The maximum Gasteiger partial charge on any atom is 0.278 e. The molecule has 2 aromatic carbocycles. The third-order valence-electron chi connectivity index (χ3n) is 5.90. The van der Waals surface area contributed by atoms with Crippen LogP contribution >= 0.6 is 0 Å². The summed E-state index contributed by atoms with van der Waals surface area (Å²) in [6, 6.07) is 16.7. The molecule has 2 heterocycles. The third kappa shape index (κ3) is 5.20. The van der Waals surface area contributed by atoms with Gasteiger partial charge < -0.3 is 4.90 Å². The first-order chi connectivity index (χ1) is 14.9. The van der Waals surface area contributed by atoms with Crippen LogP contribution in [0.15, 0.2) is 54.7 Å². The van der Waals surface area contributed by atoms with Crippen molar-refractivity contribution < 1.29 is 8.42 Å². The van der Waals surface area contributed by atoms with Gasteiger partial charge in [-0.15, -0.1) is 0 Å². The monoisotopic (exact) mass is 439 g/mol. The summed E-state index contributed by atoms with van der Waals surface area (Å²) in [4.78, 5) is 11.6. The number of hydrogen-bond donors (Lipinski definition) is 1. The Morgan fingerprint density at radius 3 is 2.55 bits per heavy atom. The highest BCUT2D eigenvalue weighted by atomic mass is 32.2. The summed E-state index contributed by atoms with van der Waals surface area (Å²) >= 11 is 0. The zero-order valence-electron chi connectivity index (χ0n) is 18.0. The van der Waals surface area contributed by atoms with Crippen LogP contribution in [0, 0.1) is 5.92 Å². The Balaban J connectivity index is 1.37. The molecule has 0 amide bonds. The predicted molar refractivity (Wildman–Crippen MR) is 125 cm³/mol. The molecule has 164 valence electrons. The molecule has 0 aliphatic carbocycles. The van der Waals surface area contributed by atoms with Crippen molar-refractivity contribution in [2.45, 2.75) is 19.3 Å². The highest BCUT2D eigenvalue weighted by Crippen LogP contribution is 2.26. The maximum absolute atomic E-state index is 11.8. The lowest BCUT2D eigenvalue weighted by atomic mass is 9.94. The van der Waals surface area contributed by atoms with Crippen molar-refractivity contribution >= 4 is 26.9 Å². The van der Waals surface area contributed by atoms with Gasteiger partial charge in [-0.1, -0.05) is 36.4 Å². The molecule has 0 bridgehead atoms. The second kappa shape index (κ2) is 9.30. The van der Waals surface area contributed by atoms with E-state index in [4.69, 9.17) is 4.98 Å². The van der Waals surface area contributed by atoms with Gasteiger partial charge in [0.15, 0.2) is 0 Å². The number of rotatable bonds is 7. The fourth-order valence-corrected chi connectivity index (χ4v) is 4.59. The van der Waals surface area contributed by atoms with E-state index in [-0.39, 0.29) is 0 Å². The molecule has 31 heavy (non-hydrogen) atoms. The SMILES string of the molecule is CN(C)S(=O)(=O)NCCC1CCN(c2nccc(-c3ccc4ccccc4c3)n2)CC1. The molecule has 0 saturated carbocycles. The Morgan fingerprint density at radius 2 is 1.81 bits per heavy atom. The molecule has 1 saturated heterocycles. The Kier molecular flexibility index (Phi) is 6.50. The molecule has 1 aromatic heterocycles. The van der Waals surface area contributed by atoms with Gasteiger partial charge in [-0.05, 0) is 48.1 Å². The standard InChI is InChI=1S/C23H29N5O2S/c1-27(2)31(29,30)25-14-9-18-11-15-28(16-12-18)23-24-13-10-22(26-23)21-8-7-19-5-3-4-6-20(19)17-21/h3-8,10,13,17-18,25H,9,11-12,14-16H2,1-2H3. The molecule has 0 spiro atoms. The van der Waals surface area contributed by atoms with Crippen LogP contribution in [0.4, 0.5) is 5.95 Å².